The van der Waals surface area contributed by atoms with Crippen LogP contribution in [-0.4, -0.2) is 42.5 Å². The lowest BCUT2D eigenvalue weighted by Crippen LogP contribution is -2.41. The molecule has 1 aromatic rings. The second kappa shape index (κ2) is 5.74. The Morgan fingerprint density at radius 3 is 2.42 bits per heavy atom. The van der Waals surface area contributed by atoms with E-state index in [9.17, 15) is 9.18 Å². The molecule has 1 atom stereocenters. The molecule has 0 saturated carbocycles. The van der Waals surface area contributed by atoms with Crippen molar-refractivity contribution in [3.8, 4) is 0 Å². The Hall–Kier alpha value is -1.60. The predicted octanol–water partition coefficient (Wildman–Crippen LogP) is 2.04. The van der Waals surface area contributed by atoms with Gasteiger partial charge in [-0.25, -0.2) is 4.39 Å². The van der Waals surface area contributed by atoms with E-state index >= 15 is 0 Å². The van der Waals surface area contributed by atoms with Crippen molar-refractivity contribution >= 4 is 24.2 Å². The number of nitrogens with zero attached hydrogens (tertiary/aromatic N) is 1. The molecular formula is C17H23BFNO4. The summed E-state index contributed by atoms with van der Waals surface area (Å²) in [5.74, 6) is -1.59. The molecule has 1 aromatic carbocycles. The van der Waals surface area contributed by atoms with Gasteiger partial charge in [-0.15, -0.1) is 0 Å². The summed E-state index contributed by atoms with van der Waals surface area (Å²) in [7, 11) is -0.741. The van der Waals surface area contributed by atoms with Crippen LogP contribution in [0.25, 0.3) is 0 Å². The SMILES string of the molecule is CC1(C)OB(c2ccc(N3CC[C@H](C(=O)O)C3)cc2F)OC1(C)C. The van der Waals surface area contributed by atoms with E-state index in [4.69, 9.17) is 14.4 Å². The summed E-state index contributed by atoms with van der Waals surface area (Å²) in [6.45, 7) is 8.73. The molecule has 0 bridgehead atoms. The van der Waals surface area contributed by atoms with Crippen LogP contribution in [0.3, 0.4) is 0 Å². The van der Waals surface area contributed by atoms with Crippen molar-refractivity contribution in [1.29, 1.82) is 0 Å². The van der Waals surface area contributed by atoms with Gasteiger partial charge in [0.05, 0.1) is 17.1 Å². The number of carbonyl (C=O) groups is 1. The third kappa shape index (κ3) is 2.91. The Morgan fingerprint density at radius 2 is 1.92 bits per heavy atom. The molecule has 1 N–H and O–H groups in total. The smallest absolute Gasteiger partial charge is 0.481 e. The van der Waals surface area contributed by atoms with Crippen LogP contribution < -0.4 is 10.4 Å². The third-order valence-corrected chi connectivity index (χ3v) is 5.39. The zero-order chi connectivity index (χ0) is 17.7. The molecule has 0 amide bonds. The van der Waals surface area contributed by atoms with Gasteiger partial charge < -0.3 is 19.3 Å². The van der Waals surface area contributed by atoms with Crippen molar-refractivity contribution in [3.63, 3.8) is 0 Å². The van der Waals surface area contributed by atoms with Crippen LogP contribution in [0.15, 0.2) is 18.2 Å². The Labute approximate surface area is 141 Å². The summed E-state index contributed by atoms with van der Waals surface area (Å²) in [6.07, 6.45) is 0.579. The molecule has 3 rings (SSSR count). The van der Waals surface area contributed by atoms with E-state index in [-0.39, 0.29) is 0 Å². The lowest BCUT2D eigenvalue weighted by atomic mass is 9.78. The zero-order valence-electron chi connectivity index (χ0n) is 14.5. The first-order valence-electron chi connectivity index (χ1n) is 8.23. The summed E-state index contributed by atoms with van der Waals surface area (Å²) in [5.41, 5.74) is 0.0155. The Balaban J connectivity index is 1.78. The van der Waals surface area contributed by atoms with E-state index in [2.05, 4.69) is 0 Å². The van der Waals surface area contributed by atoms with Gasteiger partial charge in [-0.2, -0.15) is 0 Å². The quantitative estimate of drug-likeness (QED) is 0.857. The van der Waals surface area contributed by atoms with Crippen LogP contribution in [0.5, 0.6) is 0 Å². The van der Waals surface area contributed by atoms with Gasteiger partial charge in [0.15, 0.2) is 0 Å². The van der Waals surface area contributed by atoms with Crippen LogP contribution in [0, 0.1) is 11.7 Å². The molecule has 0 unspecified atom stereocenters. The van der Waals surface area contributed by atoms with Crippen molar-refractivity contribution in [3.05, 3.63) is 24.0 Å². The molecule has 0 radical (unpaired) electrons. The Kier molecular flexibility index (Phi) is 4.12. The van der Waals surface area contributed by atoms with Crippen molar-refractivity contribution < 1.29 is 23.6 Å². The minimum Gasteiger partial charge on any atom is -0.481 e. The van der Waals surface area contributed by atoms with Gasteiger partial charge in [0.2, 0.25) is 0 Å². The van der Waals surface area contributed by atoms with Crippen molar-refractivity contribution in [2.45, 2.75) is 45.3 Å². The van der Waals surface area contributed by atoms with E-state index in [1.165, 1.54) is 6.07 Å². The van der Waals surface area contributed by atoms with Crippen LogP contribution in [0.4, 0.5) is 10.1 Å². The number of carboxylic acid groups (broad SMARTS) is 1. The molecule has 2 saturated heterocycles. The lowest BCUT2D eigenvalue weighted by molar-refractivity contribution is -0.140. The van der Waals surface area contributed by atoms with Gasteiger partial charge in [-0.3, -0.25) is 4.79 Å². The molecule has 0 aromatic heterocycles. The van der Waals surface area contributed by atoms with Gasteiger partial charge in [0.25, 0.3) is 0 Å². The highest BCUT2D eigenvalue weighted by atomic mass is 19.1. The summed E-state index contributed by atoms with van der Waals surface area (Å²) >= 11 is 0. The number of benzene rings is 1. The van der Waals surface area contributed by atoms with Gasteiger partial charge in [0.1, 0.15) is 5.82 Å². The first-order chi connectivity index (χ1) is 11.1. The number of rotatable bonds is 3. The molecule has 2 fully saturated rings. The maximum atomic E-state index is 14.6. The normalized spacial score (nSPS) is 25.3. The number of anilines is 1. The maximum absolute atomic E-state index is 14.6. The summed E-state index contributed by atoms with van der Waals surface area (Å²) in [5, 5.41) is 9.08. The van der Waals surface area contributed by atoms with Crippen LogP contribution >= 0.6 is 0 Å². The lowest BCUT2D eigenvalue weighted by Gasteiger charge is -2.32. The molecule has 5 nitrogen and oxygen atoms in total. The van der Waals surface area contributed by atoms with Crippen molar-refractivity contribution in [2.75, 3.05) is 18.0 Å². The maximum Gasteiger partial charge on any atom is 0.497 e. The molecule has 0 spiro atoms. The number of halogens is 1. The minimum atomic E-state index is -0.799. The fraction of sp³-hybridized carbons (Fsp3) is 0.588. The molecular weight excluding hydrogens is 312 g/mol. The topological polar surface area (TPSA) is 59.0 Å². The number of hydrogen-bond donors (Lipinski definition) is 1. The zero-order valence-corrected chi connectivity index (χ0v) is 14.5. The van der Waals surface area contributed by atoms with Gasteiger partial charge >= 0.3 is 13.1 Å². The van der Waals surface area contributed by atoms with Crippen LogP contribution in [-0.2, 0) is 14.1 Å². The molecule has 0 aliphatic carbocycles. The fourth-order valence-electron chi connectivity index (χ4n) is 3.07. The average molecular weight is 335 g/mol. The van der Waals surface area contributed by atoms with Gasteiger partial charge in [-0.05, 0) is 46.2 Å². The van der Waals surface area contributed by atoms with E-state index in [0.29, 0.717) is 30.7 Å². The fourth-order valence-corrected chi connectivity index (χ4v) is 3.07. The molecule has 2 heterocycles. The highest BCUT2D eigenvalue weighted by Crippen LogP contribution is 2.37. The van der Waals surface area contributed by atoms with Gasteiger partial charge in [-0.1, -0.05) is 6.07 Å². The van der Waals surface area contributed by atoms with E-state index in [0.717, 1.165) is 0 Å². The highest BCUT2D eigenvalue weighted by Gasteiger charge is 2.52. The molecule has 2 aliphatic heterocycles. The second-order valence-electron chi connectivity index (χ2n) is 7.56. The van der Waals surface area contributed by atoms with E-state index in [1.54, 1.807) is 12.1 Å². The second-order valence-corrected chi connectivity index (χ2v) is 7.56. The van der Waals surface area contributed by atoms with Crippen LogP contribution in [0.2, 0.25) is 0 Å². The molecule has 7 heteroatoms. The average Bonchev–Trinajstić information content (AvgIpc) is 3.02. The standard InChI is InChI=1S/C17H23BFNO4/c1-16(2)17(3,4)24-18(23-16)13-6-5-12(9-14(13)19)20-8-7-11(10-20)15(21)22/h5-6,9,11H,7-8,10H2,1-4H3,(H,21,22)/t11-/m0/s1. The molecule has 2 aliphatic rings. The first-order valence-corrected chi connectivity index (χ1v) is 8.23. The monoisotopic (exact) mass is 335 g/mol. The van der Waals surface area contributed by atoms with Crippen molar-refractivity contribution in [1.82, 2.24) is 0 Å². The van der Waals surface area contributed by atoms with E-state index < -0.39 is 36.0 Å². The third-order valence-electron chi connectivity index (χ3n) is 5.39. The van der Waals surface area contributed by atoms with Crippen LogP contribution in [0.1, 0.15) is 34.1 Å². The number of carboxylic acids is 1. The summed E-state index contributed by atoms with van der Waals surface area (Å²) < 4.78 is 26.4. The summed E-state index contributed by atoms with van der Waals surface area (Å²) in [6, 6.07) is 4.90. The Morgan fingerprint density at radius 1 is 1.29 bits per heavy atom. The van der Waals surface area contributed by atoms with Gasteiger partial charge in [0, 0.05) is 24.2 Å². The van der Waals surface area contributed by atoms with E-state index in [1.807, 2.05) is 32.6 Å². The first kappa shape index (κ1) is 17.2. The highest BCUT2D eigenvalue weighted by molar-refractivity contribution is 6.62. The molecule has 24 heavy (non-hydrogen) atoms. The minimum absolute atomic E-state index is 0.367. The largest absolute Gasteiger partial charge is 0.497 e. The Bertz CT molecular complexity index is 648. The number of aliphatic carboxylic acids is 1. The molecule has 130 valence electrons. The number of hydrogen-bond acceptors (Lipinski definition) is 4. The summed E-state index contributed by atoms with van der Waals surface area (Å²) in [4.78, 5) is 13.0. The predicted molar refractivity (Wildman–Crippen MR) is 90.1 cm³/mol. The van der Waals surface area contributed by atoms with Crippen molar-refractivity contribution in [2.24, 2.45) is 5.92 Å².